The Balaban J connectivity index is 1.95. The van der Waals surface area contributed by atoms with Gasteiger partial charge in [0.2, 0.25) is 5.13 Å². The van der Waals surface area contributed by atoms with Crippen LogP contribution in [0.1, 0.15) is 18.3 Å². The zero-order chi connectivity index (χ0) is 14.7. The second kappa shape index (κ2) is 6.10. The summed E-state index contributed by atoms with van der Waals surface area (Å²) in [6.07, 6.45) is 0.729. The number of fused-ring (bicyclic) bond motifs is 1. The maximum absolute atomic E-state index is 5.32. The molecule has 0 atom stereocenters. The van der Waals surface area contributed by atoms with Crippen molar-refractivity contribution >= 4 is 27.4 Å². The Morgan fingerprint density at radius 2 is 2.14 bits per heavy atom. The van der Waals surface area contributed by atoms with Gasteiger partial charge in [-0.1, -0.05) is 24.3 Å². The van der Waals surface area contributed by atoms with Crippen molar-refractivity contribution in [2.45, 2.75) is 13.3 Å². The van der Waals surface area contributed by atoms with Crippen LogP contribution in [0.15, 0.2) is 36.4 Å². The number of benzene rings is 2. The van der Waals surface area contributed by atoms with Crippen LogP contribution in [0.25, 0.3) is 10.8 Å². The summed E-state index contributed by atoms with van der Waals surface area (Å²) in [5.74, 6) is 1.72. The average molecular weight is 299 g/mol. The van der Waals surface area contributed by atoms with Crippen molar-refractivity contribution in [3.63, 3.8) is 0 Å². The highest BCUT2D eigenvalue weighted by Crippen LogP contribution is 2.26. The summed E-state index contributed by atoms with van der Waals surface area (Å²) in [7, 11) is 1.69. The second-order valence-corrected chi connectivity index (χ2v) is 5.48. The minimum Gasteiger partial charge on any atom is -0.497 e. The molecule has 5 heteroatoms. The van der Waals surface area contributed by atoms with Crippen LogP contribution in [0.2, 0.25) is 0 Å². The molecule has 0 aliphatic carbocycles. The highest BCUT2D eigenvalue weighted by Gasteiger charge is 2.08. The Kier molecular flexibility index (Phi) is 4.01. The number of anilines is 1. The quantitative estimate of drug-likeness (QED) is 0.780. The lowest BCUT2D eigenvalue weighted by Crippen LogP contribution is -1.97. The van der Waals surface area contributed by atoms with Crippen molar-refractivity contribution in [1.82, 2.24) is 9.36 Å². The van der Waals surface area contributed by atoms with Crippen LogP contribution in [-0.2, 0) is 6.42 Å². The molecule has 0 unspecified atom stereocenters. The number of hydrogen-bond donors (Lipinski definition) is 1. The molecule has 2 aromatic carbocycles. The summed E-state index contributed by atoms with van der Waals surface area (Å²) >= 11 is 1.41. The summed E-state index contributed by atoms with van der Waals surface area (Å²) < 4.78 is 9.74. The topological polar surface area (TPSA) is 47.0 Å². The van der Waals surface area contributed by atoms with E-state index in [9.17, 15) is 0 Å². The van der Waals surface area contributed by atoms with E-state index in [0.717, 1.165) is 29.7 Å². The predicted octanol–water partition coefficient (Wildman–Crippen LogP) is 3.72. The molecule has 0 saturated carbocycles. The molecule has 1 N–H and O–H groups in total. The molecule has 0 saturated heterocycles. The van der Waals surface area contributed by atoms with Gasteiger partial charge < -0.3 is 10.1 Å². The zero-order valence-electron chi connectivity index (χ0n) is 12.1. The fraction of sp³-hybridized carbons (Fsp3) is 0.250. The molecule has 3 aromatic rings. The summed E-state index contributed by atoms with van der Waals surface area (Å²) in [4.78, 5) is 4.51. The van der Waals surface area contributed by atoms with Gasteiger partial charge in [0.15, 0.2) is 0 Å². The molecular formula is C16H17N3OS. The summed E-state index contributed by atoms with van der Waals surface area (Å²) in [5, 5.41) is 6.47. The SMILES string of the molecule is CCNc1nc(Cc2cccc3ccc(OC)cc23)ns1. The van der Waals surface area contributed by atoms with Gasteiger partial charge in [0.1, 0.15) is 11.6 Å². The van der Waals surface area contributed by atoms with Crippen LogP contribution in [0.5, 0.6) is 5.75 Å². The van der Waals surface area contributed by atoms with Crippen molar-refractivity contribution in [3.05, 3.63) is 47.8 Å². The third-order valence-corrected chi connectivity index (χ3v) is 4.03. The van der Waals surface area contributed by atoms with Crippen molar-refractivity contribution < 1.29 is 4.74 Å². The zero-order valence-corrected chi connectivity index (χ0v) is 12.9. The van der Waals surface area contributed by atoms with Crippen LogP contribution in [0, 0.1) is 0 Å². The lowest BCUT2D eigenvalue weighted by atomic mass is 10.0. The van der Waals surface area contributed by atoms with E-state index in [4.69, 9.17) is 4.74 Å². The average Bonchev–Trinajstić information content (AvgIpc) is 2.95. The number of aromatic nitrogens is 2. The molecule has 0 radical (unpaired) electrons. The van der Waals surface area contributed by atoms with E-state index in [0.29, 0.717) is 0 Å². The minimum atomic E-state index is 0.729. The molecule has 0 aliphatic rings. The Hall–Kier alpha value is -2.14. The van der Waals surface area contributed by atoms with Crippen LogP contribution in [-0.4, -0.2) is 23.0 Å². The Morgan fingerprint density at radius 1 is 1.24 bits per heavy atom. The van der Waals surface area contributed by atoms with Crippen molar-refractivity contribution in [2.24, 2.45) is 0 Å². The second-order valence-electron chi connectivity index (χ2n) is 4.73. The molecule has 0 fully saturated rings. The highest BCUT2D eigenvalue weighted by molar-refractivity contribution is 7.09. The number of nitrogens with zero attached hydrogens (tertiary/aromatic N) is 2. The fourth-order valence-electron chi connectivity index (χ4n) is 2.32. The number of hydrogen-bond acceptors (Lipinski definition) is 5. The molecule has 0 aliphatic heterocycles. The molecule has 1 heterocycles. The van der Waals surface area contributed by atoms with E-state index in [2.05, 4.69) is 51.9 Å². The summed E-state index contributed by atoms with van der Waals surface area (Å²) in [5.41, 5.74) is 1.22. The summed E-state index contributed by atoms with van der Waals surface area (Å²) in [6, 6.07) is 12.4. The van der Waals surface area contributed by atoms with E-state index in [1.807, 2.05) is 6.07 Å². The van der Waals surface area contributed by atoms with Crippen LogP contribution in [0.3, 0.4) is 0 Å². The Labute approximate surface area is 128 Å². The fourth-order valence-corrected chi connectivity index (χ4v) is 2.97. The maximum Gasteiger partial charge on any atom is 0.202 e. The van der Waals surface area contributed by atoms with Crippen LogP contribution < -0.4 is 10.1 Å². The van der Waals surface area contributed by atoms with Crippen LogP contribution >= 0.6 is 11.5 Å². The molecule has 21 heavy (non-hydrogen) atoms. The number of methoxy groups -OCH3 is 1. The normalized spacial score (nSPS) is 10.8. The largest absolute Gasteiger partial charge is 0.497 e. The predicted molar refractivity (Wildman–Crippen MR) is 87.4 cm³/mol. The van der Waals surface area contributed by atoms with E-state index < -0.39 is 0 Å². The van der Waals surface area contributed by atoms with Gasteiger partial charge in [-0.3, -0.25) is 0 Å². The number of ether oxygens (including phenoxy) is 1. The van der Waals surface area contributed by atoms with Gasteiger partial charge >= 0.3 is 0 Å². The molecule has 3 rings (SSSR count). The minimum absolute atomic E-state index is 0.729. The molecule has 108 valence electrons. The number of nitrogens with one attached hydrogen (secondary N) is 1. The van der Waals surface area contributed by atoms with Crippen molar-refractivity contribution in [1.29, 1.82) is 0 Å². The monoisotopic (exact) mass is 299 g/mol. The Morgan fingerprint density at radius 3 is 2.95 bits per heavy atom. The van der Waals surface area contributed by atoms with E-state index in [-0.39, 0.29) is 0 Å². The van der Waals surface area contributed by atoms with Crippen molar-refractivity contribution in [2.75, 3.05) is 19.0 Å². The lowest BCUT2D eigenvalue weighted by molar-refractivity contribution is 0.415. The molecule has 0 spiro atoms. The first-order chi connectivity index (χ1) is 10.3. The first kappa shape index (κ1) is 13.8. The van der Waals surface area contributed by atoms with Crippen molar-refractivity contribution in [3.8, 4) is 5.75 Å². The van der Waals surface area contributed by atoms with E-state index >= 15 is 0 Å². The Bertz CT molecular complexity index is 754. The highest BCUT2D eigenvalue weighted by atomic mass is 32.1. The van der Waals surface area contributed by atoms with Gasteiger partial charge in [-0.25, -0.2) is 4.98 Å². The maximum atomic E-state index is 5.32. The first-order valence-electron chi connectivity index (χ1n) is 6.92. The molecular weight excluding hydrogens is 282 g/mol. The smallest absolute Gasteiger partial charge is 0.202 e. The van der Waals surface area contributed by atoms with Crippen LogP contribution in [0.4, 0.5) is 5.13 Å². The summed E-state index contributed by atoms with van der Waals surface area (Å²) in [6.45, 7) is 2.91. The molecule has 1 aromatic heterocycles. The van der Waals surface area contributed by atoms with Gasteiger partial charge in [-0.15, -0.1) is 0 Å². The lowest BCUT2D eigenvalue weighted by Gasteiger charge is -2.07. The van der Waals surface area contributed by atoms with Gasteiger partial charge in [0.25, 0.3) is 0 Å². The third-order valence-electron chi connectivity index (χ3n) is 3.32. The van der Waals surface area contributed by atoms with E-state index in [1.54, 1.807) is 7.11 Å². The molecule has 4 nitrogen and oxygen atoms in total. The van der Waals surface area contributed by atoms with E-state index in [1.165, 1.54) is 27.9 Å². The van der Waals surface area contributed by atoms with Gasteiger partial charge in [-0.05, 0) is 35.4 Å². The third kappa shape index (κ3) is 2.97. The standard InChI is InChI=1S/C16H17N3OS/c1-3-17-16-18-15(19-21-16)9-12-6-4-5-11-7-8-13(20-2)10-14(11)12/h4-8,10H,3,9H2,1-2H3,(H,17,18,19). The van der Waals surface area contributed by atoms with Gasteiger partial charge in [0.05, 0.1) is 7.11 Å². The molecule has 0 amide bonds. The number of rotatable bonds is 5. The van der Waals surface area contributed by atoms with Gasteiger partial charge in [0, 0.05) is 24.5 Å². The van der Waals surface area contributed by atoms with Gasteiger partial charge in [-0.2, -0.15) is 4.37 Å². The molecule has 0 bridgehead atoms. The first-order valence-corrected chi connectivity index (χ1v) is 7.69.